The Balaban J connectivity index is 1.84. The van der Waals surface area contributed by atoms with E-state index in [4.69, 9.17) is 11.6 Å². The summed E-state index contributed by atoms with van der Waals surface area (Å²) < 4.78 is 0. The monoisotopic (exact) mass is 289 g/mol. The molecule has 1 heterocycles. The van der Waals surface area contributed by atoms with Gasteiger partial charge in [-0.15, -0.1) is 0 Å². The summed E-state index contributed by atoms with van der Waals surface area (Å²) in [5.41, 5.74) is 2.79. The summed E-state index contributed by atoms with van der Waals surface area (Å²) in [5, 5.41) is 0.773. The maximum absolute atomic E-state index is 11.4. The van der Waals surface area contributed by atoms with E-state index >= 15 is 0 Å². The maximum Gasteiger partial charge on any atom is 0.210 e. The van der Waals surface area contributed by atoms with Gasteiger partial charge >= 0.3 is 0 Å². The molecule has 0 bridgehead atoms. The summed E-state index contributed by atoms with van der Waals surface area (Å²) in [7, 11) is 0. The van der Waals surface area contributed by atoms with E-state index < -0.39 is 0 Å². The van der Waals surface area contributed by atoms with Gasteiger partial charge in [0.25, 0.3) is 0 Å². The maximum atomic E-state index is 11.4. The zero-order valence-corrected chi connectivity index (χ0v) is 12.4. The number of rotatable bonds is 3. The SMILES string of the molecule is O=CN1CC=C2CCCCC2C1Cc1cccc(Cl)c1. The number of amides is 1. The standard InChI is InChI=1S/C17H20ClNO/c18-15-6-3-4-13(10-15)11-17-16-7-2-1-5-14(16)8-9-19(17)12-20/h3-4,6,8,10,12,16-17H,1-2,5,7,9,11H2. The van der Waals surface area contributed by atoms with Gasteiger partial charge in [-0.2, -0.15) is 0 Å². The van der Waals surface area contributed by atoms with Crippen LogP contribution in [0.5, 0.6) is 0 Å². The molecule has 1 aromatic carbocycles. The van der Waals surface area contributed by atoms with Gasteiger partial charge in [0.15, 0.2) is 0 Å². The Kier molecular flexibility index (Phi) is 4.11. The summed E-state index contributed by atoms with van der Waals surface area (Å²) >= 11 is 6.08. The summed E-state index contributed by atoms with van der Waals surface area (Å²) in [4.78, 5) is 13.3. The molecule has 20 heavy (non-hydrogen) atoms. The fourth-order valence-electron chi connectivity index (χ4n) is 3.63. The van der Waals surface area contributed by atoms with Crippen LogP contribution in [-0.2, 0) is 11.2 Å². The molecule has 1 amide bonds. The highest BCUT2D eigenvalue weighted by Gasteiger charge is 2.33. The summed E-state index contributed by atoms with van der Waals surface area (Å²) in [6.07, 6.45) is 9.18. The molecule has 0 aromatic heterocycles. The van der Waals surface area contributed by atoms with Gasteiger partial charge in [-0.05, 0) is 43.4 Å². The van der Waals surface area contributed by atoms with Crippen molar-refractivity contribution in [1.82, 2.24) is 4.90 Å². The van der Waals surface area contributed by atoms with E-state index in [-0.39, 0.29) is 0 Å². The molecule has 1 aliphatic carbocycles. The second-order valence-electron chi connectivity index (χ2n) is 5.83. The highest BCUT2D eigenvalue weighted by atomic mass is 35.5. The van der Waals surface area contributed by atoms with E-state index in [1.54, 1.807) is 5.57 Å². The van der Waals surface area contributed by atoms with Gasteiger partial charge in [0, 0.05) is 23.5 Å². The Morgan fingerprint density at radius 2 is 2.25 bits per heavy atom. The van der Waals surface area contributed by atoms with Crippen molar-refractivity contribution in [3.05, 3.63) is 46.5 Å². The summed E-state index contributed by atoms with van der Waals surface area (Å²) in [6, 6.07) is 8.31. The number of fused-ring (bicyclic) bond motifs is 1. The fraction of sp³-hybridized carbons (Fsp3) is 0.471. The summed E-state index contributed by atoms with van der Waals surface area (Å²) in [5.74, 6) is 0.543. The molecule has 1 saturated carbocycles. The quantitative estimate of drug-likeness (QED) is 0.611. The Hall–Kier alpha value is -1.28. The molecule has 2 unspecified atom stereocenters. The van der Waals surface area contributed by atoms with Crippen LogP contribution in [0.2, 0.25) is 5.02 Å². The van der Waals surface area contributed by atoms with E-state index in [1.807, 2.05) is 23.1 Å². The van der Waals surface area contributed by atoms with E-state index in [2.05, 4.69) is 12.1 Å². The molecule has 1 fully saturated rings. The van der Waals surface area contributed by atoms with Crippen molar-refractivity contribution in [2.45, 2.75) is 38.1 Å². The van der Waals surface area contributed by atoms with Gasteiger partial charge in [-0.1, -0.05) is 41.8 Å². The molecular weight excluding hydrogens is 270 g/mol. The predicted molar refractivity (Wildman–Crippen MR) is 81.8 cm³/mol. The topological polar surface area (TPSA) is 20.3 Å². The van der Waals surface area contributed by atoms with Crippen LogP contribution in [0.3, 0.4) is 0 Å². The Bertz CT molecular complexity index is 525. The molecular formula is C17H20ClNO. The Labute approximate surface area is 125 Å². The zero-order valence-electron chi connectivity index (χ0n) is 11.6. The molecule has 0 radical (unpaired) electrons. The van der Waals surface area contributed by atoms with Crippen LogP contribution < -0.4 is 0 Å². The minimum Gasteiger partial charge on any atom is -0.338 e. The lowest BCUT2D eigenvalue weighted by Crippen LogP contribution is -2.46. The Morgan fingerprint density at radius 3 is 3.05 bits per heavy atom. The van der Waals surface area contributed by atoms with Crippen molar-refractivity contribution >= 4 is 18.0 Å². The van der Waals surface area contributed by atoms with Crippen LogP contribution in [-0.4, -0.2) is 23.9 Å². The van der Waals surface area contributed by atoms with Gasteiger partial charge in [0.05, 0.1) is 0 Å². The van der Waals surface area contributed by atoms with Gasteiger partial charge in [-0.25, -0.2) is 0 Å². The largest absolute Gasteiger partial charge is 0.338 e. The van der Waals surface area contributed by atoms with Crippen molar-refractivity contribution in [2.75, 3.05) is 6.54 Å². The average Bonchev–Trinajstić information content (AvgIpc) is 2.48. The molecule has 3 rings (SSSR count). The third-order valence-corrected chi connectivity index (χ3v) is 4.87. The first kappa shape index (κ1) is 13.7. The fourth-order valence-corrected chi connectivity index (χ4v) is 3.85. The highest BCUT2D eigenvalue weighted by molar-refractivity contribution is 6.30. The van der Waals surface area contributed by atoms with Gasteiger partial charge in [0.2, 0.25) is 6.41 Å². The number of hydrogen-bond acceptors (Lipinski definition) is 1. The van der Waals surface area contributed by atoms with Crippen LogP contribution in [0, 0.1) is 5.92 Å². The molecule has 2 nitrogen and oxygen atoms in total. The van der Waals surface area contributed by atoms with Crippen molar-refractivity contribution in [1.29, 1.82) is 0 Å². The first-order valence-corrected chi connectivity index (χ1v) is 7.80. The van der Waals surface area contributed by atoms with Gasteiger partial charge in [-0.3, -0.25) is 4.79 Å². The lowest BCUT2D eigenvalue weighted by atomic mass is 9.75. The average molecular weight is 290 g/mol. The molecule has 0 N–H and O–H groups in total. The highest BCUT2D eigenvalue weighted by Crippen LogP contribution is 2.37. The number of carbonyl (C=O) groups excluding carboxylic acids is 1. The molecule has 2 aliphatic rings. The molecule has 0 spiro atoms. The number of halogens is 1. The molecule has 1 aromatic rings. The number of nitrogens with zero attached hydrogens (tertiary/aromatic N) is 1. The van der Waals surface area contributed by atoms with Crippen molar-refractivity contribution in [3.8, 4) is 0 Å². The lowest BCUT2D eigenvalue weighted by Gasteiger charge is -2.42. The van der Waals surface area contributed by atoms with Crippen molar-refractivity contribution < 1.29 is 4.79 Å². The number of benzene rings is 1. The zero-order chi connectivity index (χ0) is 13.9. The van der Waals surface area contributed by atoms with Crippen LogP contribution in [0.15, 0.2) is 35.9 Å². The second-order valence-corrected chi connectivity index (χ2v) is 6.27. The second kappa shape index (κ2) is 6.01. The predicted octanol–water partition coefficient (Wildman–Crippen LogP) is 3.84. The van der Waals surface area contributed by atoms with Crippen molar-refractivity contribution in [2.24, 2.45) is 5.92 Å². The smallest absolute Gasteiger partial charge is 0.210 e. The minimum absolute atomic E-state index is 0.297. The first-order valence-electron chi connectivity index (χ1n) is 7.42. The third kappa shape index (κ3) is 2.76. The Morgan fingerprint density at radius 1 is 1.35 bits per heavy atom. The third-order valence-electron chi connectivity index (χ3n) is 4.63. The lowest BCUT2D eigenvalue weighted by molar-refractivity contribution is -0.121. The molecule has 1 aliphatic heterocycles. The number of carbonyl (C=O) groups is 1. The first-order chi connectivity index (χ1) is 9.78. The summed E-state index contributed by atoms with van der Waals surface area (Å²) in [6.45, 7) is 0.764. The van der Waals surface area contributed by atoms with Crippen LogP contribution in [0.25, 0.3) is 0 Å². The van der Waals surface area contributed by atoms with E-state index in [1.165, 1.54) is 31.2 Å². The van der Waals surface area contributed by atoms with E-state index in [9.17, 15) is 4.79 Å². The van der Waals surface area contributed by atoms with E-state index in [0.29, 0.717) is 12.0 Å². The molecule has 0 saturated heterocycles. The van der Waals surface area contributed by atoms with Crippen molar-refractivity contribution in [3.63, 3.8) is 0 Å². The molecule has 3 heteroatoms. The van der Waals surface area contributed by atoms with Gasteiger partial charge < -0.3 is 4.90 Å². The number of hydrogen-bond donors (Lipinski definition) is 0. The van der Waals surface area contributed by atoms with Crippen LogP contribution in [0.4, 0.5) is 0 Å². The van der Waals surface area contributed by atoms with Crippen LogP contribution >= 0.6 is 11.6 Å². The molecule has 106 valence electrons. The van der Waals surface area contributed by atoms with E-state index in [0.717, 1.165) is 24.4 Å². The van der Waals surface area contributed by atoms with Gasteiger partial charge in [0.1, 0.15) is 0 Å². The minimum atomic E-state index is 0.297. The van der Waals surface area contributed by atoms with Crippen LogP contribution in [0.1, 0.15) is 31.2 Å². The molecule has 2 atom stereocenters. The normalized spacial score (nSPS) is 25.9.